The van der Waals surface area contributed by atoms with Gasteiger partial charge >= 0.3 is 12.1 Å². The monoisotopic (exact) mass is 503 g/mol. The summed E-state index contributed by atoms with van der Waals surface area (Å²) in [4.78, 5) is 45.0. The SMILES string of the molecule is CCOC(=O)[C@H](CNC(=O)c1ccc(OCCNc2ncccn2)cc1O)NC(=O)OCC(C)(C)C. The molecule has 12 heteroatoms. The van der Waals surface area contributed by atoms with E-state index in [9.17, 15) is 19.5 Å². The van der Waals surface area contributed by atoms with Crippen LogP contribution in [-0.2, 0) is 14.3 Å². The minimum atomic E-state index is -1.17. The van der Waals surface area contributed by atoms with E-state index < -0.39 is 24.0 Å². The highest BCUT2D eigenvalue weighted by molar-refractivity contribution is 5.97. The van der Waals surface area contributed by atoms with Crippen LogP contribution in [-0.4, -0.2) is 72.0 Å². The lowest BCUT2D eigenvalue weighted by Gasteiger charge is -2.21. The number of phenolic OH excluding ortho intramolecular Hbond substituents is 1. The van der Waals surface area contributed by atoms with Gasteiger partial charge in [0, 0.05) is 25.0 Å². The molecule has 1 atom stereocenters. The molecule has 0 aliphatic carbocycles. The predicted molar refractivity (Wildman–Crippen MR) is 131 cm³/mol. The van der Waals surface area contributed by atoms with Gasteiger partial charge in [-0.3, -0.25) is 4.79 Å². The number of aromatic nitrogens is 2. The van der Waals surface area contributed by atoms with Crippen molar-refractivity contribution in [3.8, 4) is 11.5 Å². The summed E-state index contributed by atoms with van der Waals surface area (Å²) in [7, 11) is 0. The number of hydrogen-bond acceptors (Lipinski definition) is 10. The first-order chi connectivity index (χ1) is 17.1. The fraction of sp³-hybridized carbons (Fsp3) is 0.458. The fourth-order valence-corrected chi connectivity index (χ4v) is 2.71. The van der Waals surface area contributed by atoms with Gasteiger partial charge in [0.15, 0.2) is 0 Å². The topological polar surface area (TPSA) is 161 Å². The molecular formula is C24H33N5O7. The molecule has 0 bridgehead atoms. The molecule has 12 nitrogen and oxygen atoms in total. The maximum Gasteiger partial charge on any atom is 0.407 e. The second-order valence-electron chi connectivity index (χ2n) is 8.82. The maximum absolute atomic E-state index is 12.6. The Bertz CT molecular complexity index is 1010. The number of hydrogen-bond donors (Lipinski definition) is 4. The third-order valence-corrected chi connectivity index (χ3v) is 4.40. The van der Waals surface area contributed by atoms with Gasteiger partial charge in [-0.2, -0.15) is 0 Å². The number of amides is 2. The first kappa shape index (κ1) is 28.1. The van der Waals surface area contributed by atoms with Crippen LogP contribution in [0.4, 0.5) is 10.7 Å². The van der Waals surface area contributed by atoms with Gasteiger partial charge in [0.25, 0.3) is 5.91 Å². The van der Waals surface area contributed by atoms with Crippen LogP contribution in [0, 0.1) is 5.41 Å². The summed E-state index contributed by atoms with van der Waals surface area (Å²) < 4.78 is 15.6. The number of esters is 1. The largest absolute Gasteiger partial charge is 0.507 e. The van der Waals surface area contributed by atoms with Crippen LogP contribution in [0.15, 0.2) is 36.7 Å². The molecule has 1 heterocycles. The van der Waals surface area contributed by atoms with E-state index in [1.165, 1.54) is 18.2 Å². The number of carbonyl (C=O) groups excluding carboxylic acids is 3. The van der Waals surface area contributed by atoms with Gasteiger partial charge in [-0.05, 0) is 30.5 Å². The number of nitrogens with zero attached hydrogens (tertiary/aromatic N) is 2. The van der Waals surface area contributed by atoms with Crippen molar-refractivity contribution in [1.29, 1.82) is 0 Å². The molecule has 36 heavy (non-hydrogen) atoms. The summed E-state index contributed by atoms with van der Waals surface area (Å²) in [5.74, 6) is -0.870. The smallest absolute Gasteiger partial charge is 0.407 e. The first-order valence-electron chi connectivity index (χ1n) is 11.4. The summed E-state index contributed by atoms with van der Waals surface area (Å²) in [5.41, 5.74) is -0.290. The van der Waals surface area contributed by atoms with Crippen molar-refractivity contribution in [1.82, 2.24) is 20.6 Å². The molecule has 0 spiro atoms. The maximum atomic E-state index is 12.6. The zero-order valence-corrected chi connectivity index (χ0v) is 20.9. The molecule has 0 saturated heterocycles. The number of rotatable bonds is 12. The predicted octanol–water partition coefficient (Wildman–Crippen LogP) is 2.11. The molecule has 2 aromatic rings. The minimum absolute atomic E-state index is 0.0314. The van der Waals surface area contributed by atoms with Crippen molar-refractivity contribution in [3.05, 3.63) is 42.2 Å². The number of phenols is 1. The van der Waals surface area contributed by atoms with E-state index in [2.05, 4.69) is 25.9 Å². The van der Waals surface area contributed by atoms with Crippen LogP contribution in [0.1, 0.15) is 38.1 Å². The normalized spacial score (nSPS) is 11.7. The Hall–Kier alpha value is -4.09. The Morgan fingerprint density at radius 1 is 1.11 bits per heavy atom. The van der Waals surface area contributed by atoms with Crippen LogP contribution in [0.5, 0.6) is 11.5 Å². The molecule has 0 unspecified atom stereocenters. The molecule has 0 aliphatic rings. The van der Waals surface area contributed by atoms with Gasteiger partial charge in [0.2, 0.25) is 5.95 Å². The Morgan fingerprint density at radius 3 is 2.47 bits per heavy atom. The zero-order chi connectivity index (χ0) is 26.6. The highest BCUT2D eigenvalue weighted by Crippen LogP contribution is 2.23. The third-order valence-electron chi connectivity index (χ3n) is 4.40. The molecule has 0 aliphatic heterocycles. The van der Waals surface area contributed by atoms with Gasteiger partial charge < -0.3 is 35.3 Å². The van der Waals surface area contributed by atoms with Crippen LogP contribution in [0.25, 0.3) is 0 Å². The van der Waals surface area contributed by atoms with E-state index in [-0.39, 0.29) is 43.1 Å². The highest BCUT2D eigenvalue weighted by Gasteiger charge is 2.25. The average Bonchev–Trinajstić information content (AvgIpc) is 2.83. The van der Waals surface area contributed by atoms with Gasteiger partial charge in [0.1, 0.15) is 24.1 Å². The highest BCUT2D eigenvalue weighted by atomic mass is 16.6. The molecule has 0 fully saturated rings. The van der Waals surface area contributed by atoms with E-state index in [0.717, 1.165) is 0 Å². The van der Waals surface area contributed by atoms with Crippen molar-refractivity contribution in [2.45, 2.75) is 33.7 Å². The standard InChI is InChI=1S/C24H33N5O7/c1-5-34-21(32)18(29-23(33)36-15-24(2,3)4)14-28-20(31)17-8-7-16(13-19(17)30)35-12-11-27-22-25-9-6-10-26-22/h6-10,13,18,30H,5,11-12,14-15H2,1-4H3,(H,28,31)(H,29,33)(H,25,26,27)/t18-/m0/s1. The Labute approximate surface area is 209 Å². The van der Waals surface area contributed by atoms with Gasteiger partial charge in [-0.1, -0.05) is 20.8 Å². The average molecular weight is 504 g/mol. The summed E-state index contributed by atoms with van der Waals surface area (Å²) in [6, 6.07) is 4.75. The summed E-state index contributed by atoms with van der Waals surface area (Å²) in [6.45, 7) is 7.95. The summed E-state index contributed by atoms with van der Waals surface area (Å²) in [6.07, 6.45) is 2.42. The molecule has 196 valence electrons. The summed E-state index contributed by atoms with van der Waals surface area (Å²) in [5, 5.41) is 18.2. The van der Waals surface area contributed by atoms with E-state index in [1.807, 2.05) is 20.8 Å². The van der Waals surface area contributed by atoms with E-state index >= 15 is 0 Å². The number of benzene rings is 1. The van der Waals surface area contributed by atoms with Crippen molar-refractivity contribution < 1.29 is 33.7 Å². The zero-order valence-electron chi connectivity index (χ0n) is 20.9. The van der Waals surface area contributed by atoms with E-state index in [1.54, 1.807) is 25.4 Å². The number of ether oxygens (including phenoxy) is 3. The van der Waals surface area contributed by atoms with Crippen molar-refractivity contribution in [2.75, 3.05) is 38.2 Å². The molecule has 1 aromatic heterocycles. The molecule has 0 saturated carbocycles. The lowest BCUT2D eigenvalue weighted by atomic mass is 9.99. The van der Waals surface area contributed by atoms with Gasteiger partial charge in [0.05, 0.1) is 25.3 Å². The number of anilines is 1. The Kier molecular flexibility index (Phi) is 10.7. The molecule has 2 rings (SSSR count). The quantitative estimate of drug-likeness (QED) is 0.249. The summed E-state index contributed by atoms with van der Waals surface area (Å²) >= 11 is 0. The van der Waals surface area contributed by atoms with Gasteiger partial charge in [-0.25, -0.2) is 19.6 Å². The lowest BCUT2D eigenvalue weighted by molar-refractivity contribution is -0.145. The van der Waals surface area contributed by atoms with Crippen LogP contribution >= 0.6 is 0 Å². The minimum Gasteiger partial charge on any atom is -0.507 e. The molecular weight excluding hydrogens is 470 g/mol. The Balaban J connectivity index is 1.89. The molecule has 1 aromatic carbocycles. The number of carbonyl (C=O) groups is 3. The fourth-order valence-electron chi connectivity index (χ4n) is 2.71. The third kappa shape index (κ3) is 10.0. The lowest BCUT2D eigenvalue weighted by Crippen LogP contribution is -2.49. The molecule has 0 radical (unpaired) electrons. The number of aromatic hydroxyl groups is 1. The molecule has 2 amide bonds. The van der Waals surface area contributed by atoms with Crippen LogP contribution in [0.3, 0.4) is 0 Å². The molecule has 4 N–H and O–H groups in total. The second kappa shape index (κ2) is 13.7. The van der Waals surface area contributed by atoms with Crippen LogP contribution in [0.2, 0.25) is 0 Å². The van der Waals surface area contributed by atoms with E-state index in [4.69, 9.17) is 14.2 Å². The van der Waals surface area contributed by atoms with Crippen LogP contribution < -0.4 is 20.7 Å². The van der Waals surface area contributed by atoms with Crippen molar-refractivity contribution in [3.63, 3.8) is 0 Å². The Morgan fingerprint density at radius 2 is 1.83 bits per heavy atom. The van der Waals surface area contributed by atoms with E-state index in [0.29, 0.717) is 18.2 Å². The number of alkyl carbamates (subject to hydrolysis) is 1. The first-order valence-corrected chi connectivity index (χ1v) is 11.4. The van der Waals surface area contributed by atoms with Gasteiger partial charge in [-0.15, -0.1) is 0 Å². The number of nitrogens with one attached hydrogen (secondary N) is 3. The van der Waals surface area contributed by atoms with Crippen molar-refractivity contribution in [2.24, 2.45) is 5.41 Å². The van der Waals surface area contributed by atoms with Crippen molar-refractivity contribution >= 4 is 23.9 Å². The second-order valence-corrected chi connectivity index (χ2v) is 8.82.